The zero-order chi connectivity index (χ0) is 19.6. The van der Waals surface area contributed by atoms with E-state index in [1.54, 1.807) is 0 Å². The van der Waals surface area contributed by atoms with Crippen molar-refractivity contribution in [2.75, 3.05) is 16.8 Å². The van der Waals surface area contributed by atoms with Crippen molar-refractivity contribution in [3.8, 4) is 11.3 Å². The van der Waals surface area contributed by atoms with Gasteiger partial charge in [0.2, 0.25) is 5.91 Å². The molecule has 0 saturated carbocycles. The van der Waals surface area contributed by atoms with Crippen LogP contribution in [0.15, 0.2) is 79.0 Å². The Balaban J connectivity index is 1.41. The first-order valence-electron chi connectivity index (χ1n) is 9.95. The summed E-state index contributed by atoms with van der Waals surface area (Å²) in [5.74, 6) is 0.212. The minimum absolute atomic E-state index is 0.212. The van der Waals surface area contributed by atoms with Gasteiger partial charge in [-0.2, -0.15) is 0 Å². The minimum Gasteiger partial charge on any atom is -0.379 e. The highest BCUT2D eigenvalue weighted by Crippen LogP contribution is 2.26. The average Bonchev–Trinajstić information content (AvgIpc) is 3.37. The van der Waals surface area contributed by atoms with Crippen LogP contribution >= 0.6 is 0 Å². The van der Waals surface area contributed by atoms with Crippen molar-refractivity contribution in [1.82, 2.24) is 9.38 Å². The molecule has 4 aromatic rings. The molecule has 144 valence electrons. The zero-order valence-corrected chi connectivity index (χ0v) is 16.1. The Hall–Kier alpha value is -3.60. The molecule has 1 aliphatic rings. The number of amides is 1. The monoisotopic (exact) mass is 382 g/mol. The van der Waals surface area contributed by atoms with Crippen LogP contribution < -0.4 is 10.2 Å². The molecule has 29 heavy (non-hydrogen) atoms. The largest absolute Gasteiger partial charge is 0.379 e. The number of aromatic nitrogens is 2. The predicted octanol–water partition coefficient (Wildman–Crippen LogP) is 4.74. The Bertz CT molecular complexity index is 1150. The number of pyridine rings is 1. The number of hydrogen-bond acceptors (Lipinski definition) is 3. The molecule has 5 heteroatoms. The fourth-order valence-corrected chi connectivity index (χ4v) is 3.91. The Morgan fingerprint density at radius 3 is 2.48 bits per heavy atom. The molecule has 5 rings (SSSR count). The molecular formula is C24H22N4O. The van der Waals surface area contributed by atoms with Crippen LogP contribution in [0.25, 0.3) is 16.9 Å². The third-order valence-electron chi connectivity index (χ3n) is 5.39. The van der Waals surface area contributed by atoms with E-state index in [0.717, 1.165) is 46.9 Å². The average molecular weight is 382 g/mol. The van der Waals surface area contributed by atoms with Crippen LogP contribution in [0.3, 0.4) is 0 Å². The Labute approximate surface area is 169 Å². The van der Waals surface area contributed by atoms with E-state index in [1.165, 1.54) is 0 Å². The van der Waals surface area contributed by atoms with Crippen LogP contribution in [0.4, 0.5) is 11.4 Å². The Kier molecular flexibility index (Phi) is 4.48. The molecule has 0 unspecified atom stereocenters. The summed E-state index contributed by atoms with van der Waals surface area (Å²) >= 11 is 0. The lowest BCUT2D eigenvalue weighted by Gasteiger charge is -2.16. The maximum Gasteiger partial charge on any atom is 0.227 e. The van der Waals surface area contributed by atoms with Gasteiger partial charge in [0.05, 0.1) is 17.9 Å². The highest BCUT2D eigenvalue weighted by Gasteiger charge is 2.21. The smallest absolute Gasteiger partial charge is 0.227 e. The molecule has 1 amide bonds. The quantitative estimate of drug-likeness (QED) is 0.542. The van der Waals surface area contributed by atoms with Gasteiger partial charge in [-0.1, -0.05) is 36.4 Å². The molecule has 0 radical (unpaired) electrons. The summed E-state index contributed by atoms with van der Waals surface area (Å²) in [5, 5.41) is 3.51. The lowest BCUT2D eigenvalue weighted by molar-refractivity contribution is -0.117. The molecule has 5 nitrogen and oxygen atoms in total. The molecule has 2 aromatic heterocycles. The van der Waals surface area contributed by atoms with E-state index < -0.39 is 0 Å². The maximum absolute atomic E-state index is 11.9. The summed E-state index contributed by atoms with van der Waals surface area (Å²) in [4.78, 5) is 18.6. The summed E-state index contributed by atoms with van der Waals surface area (Å²) in [5.41, 5.74) is 6.14. The lowest BCUT2D eigenvalue weighted by atomic mass is 10.1. The number of hydrogen-bond donors (Lipinski definition) is 1. The fraction of sp³-hybridized carbons (Fsp3) is 0.167. The number of carbonyl (C=O) groups excluding carboxylic acids is 1. The van der Waals surface area contributed by atoms with Crippen molar-refractivity contribution < 1.29 is 4.79 Å². The molecule has 0 aliphatic carbocycles. The van der Waals surface area contributed by atoms with Gasteiger partial charge in [-0.15, -0.1) is 0 Å². The number of fused-ring (bicyclic) bond motifs is 1. The van der Waals surface area contributed by atoms with Crippen molar-refractivity contribution in [3.05, 3.63) is 84.7 Å². The summed E-state index contributed by atoms with van der Waals surface area (Å²) in [6.07, 6.45) is 3.64. The van der Waals surface area contributed by atoms with Crippen LogP contribution in [0, 0.1) is 0 Å². The van der Waals surface area contributed by atoms with E-state index in [9.17, 15) is 4.79 Å². The van der Waals surface area contributed by atoms with Crippen molar-refractivity contribution >= 4 is 22.9 Å². The summed E-state index contributed by atoms with van der Waals surface area (Å²) < 4.78 is 2.13. The van der Waals surface area contributed by atoms with Crippen molar-refractivity contribution in [1.29, 1.82) is 0 Å². The van der Waals surface area contributed by atoms with Crippen LogP contribution in [0.1, 0.15) is 18.5 Å². The van der Waals surface area contributed by atoms with Crippen molar-refractivity contribution in [2.24, 2.45) is 0 Å². The number of carbonyl (C=O) groups is 1. The normalized spacial score (nSPS) is 13.9. The van der Waals surface area contributed by atoms with Gasteiger partial charge in [0.25, 0.3) is 0 Å². The van der Waals surface area contributed by atoms with Crippen LogP contribution in [-0.4, -0.2) is 21.8 Å². The lowest BCUT2D eigenvalue weighted by Crippen LogP contribution is -2.23. The van der Waals surface area contributed by atoms with Crippen molar-refractivity contribution in [3.63, 3.8) is 0 Å². The SMILES string of the molecule is O=C1CCCN1c1ccc(NCc2c(-c3ccccc3)nc3ccccn23)cc1. The number of nitrogens with zero attached hydrogens (tertiary/aromatic N) is 3. The van der Waals surface area contributed by atoms with Gasteiger partial charge >= 0.3 is 0 Å². The van der Waals surface area contributed by atoms with E-state index in [-0.39, 0.29) is 5.91 Å². The Morgan fingerprint density at radius 1 is 0.931 bits per heavy atom. The Morgan fingerprint density at radius 2 is 1.72 bits per heavy atom. The van der Waals surface area contributed by atoms with Gasteiger partial charge < -0.3 is 14.6 Å². The number of anilines is 2. The van der Waals surface area contributed by atoms with Gasteiger partial charge in [-0.25, -0.2) is 4.98 Å². The van der Waals surface area contributed by atoms with E-state index in [2.05, 4.69) is 21.9 Å². The number of imidazole rings is 1. The molecule has 2 aromatic carbocycles. The van der Waals surface area contributed by atoms with Gasteiger partial charge in [0, 0.05) is 36.1 Å². The van der Waals surface area contributed by atoms with E-state index in [1.807, 2.05) is 71.8 Å². The first-order chi connectivity index (χ1) is 14.3. The summed E-state index contributed by atoms with van der Waals surface area (Å²) in [6, 6.07) is 24.4. The second-order valence-corrected chi connectivity index (χ2v) is 7.25. The van der Waals surface area contributed by atoms with Gasteiger partial charge in [-0.3, -0.25) is 4.79 Å². The topological polar surface area (TPSA) is 49.6 Å². The summed E-state index contributed by atoms with van der Waals surface area (Å²) in [7, 11) is 0. The van der Waals surface area contributed by atoms with Gasteiger partial charge in [0.15, 0.2) is 0 Å². The van der Waals surface area contributed by atoms with Crippen LogP contribution in [0.5, 0.6) is 0 Å². The molecule has 1 N–H and O–H groups in total. The van der Waals surface area contributed by atoms with E-state index >= 15 is 0 Å². The number of benzene rings is 2. The first-order valence-corrected chi connectivity index (χ1v) is 9.95. The number of rotatable bonds is 5. The van der Waals surface area contributed by atoms with Gasteiger partial charge in [-0.05, 0) is 42.8 Å². The molecule has 3 heterocycles. The second kappa shape index (κ2) is 7.43. The van der Waals surface area contributed by atoms with E-state index in [4.69, 9.17) is 4.98 Å². The molecule has 1 saturated heterocycles. The highest BCUT2D eigenvalue weighted by molar-refractivity contribution is 5.95. The summed E-state index contributed by atoms with van der Waals surface area (Å²) in [6.45, 7) is 1.46. The fourth-order valence-electron chi connectivity index (χ4n) is 3.91. The third-order valence-corrected chi connectivity index (χ3v) is 5.39. The van der Waals surface area contributed by atoms with Gasteiger partial charge in [0.1, 0.15) is 5.65 Å². The van der Waals surface area contributed by atoms with Crippen molar-refractivity contribution in [2.45, 2.75) is 19.4 Å². The standard InChI is InChI=1S/C24H22N4O/c29-23-10-6-16-27(23)20-13-11-19(12-14-20)25-17-21-24(18-7-2-1-3-8-18)26-22-9-4-5-15-28(21)22/h1-5,7-9,11-15,25H,6,10,16-17H2. The molecule has 1 fully saturated rings. The zero-order valence-electron chi connectivity index (χ0n) is 16.1. The molecular weight excluding hydrogens is 360 g/mol. The van der Waals surface area contributed by atoms with Crippen LogP contribution in [-0.2, 0) is 11.3 Å². The predicted molar refractivity (Wildman–Crippen MR) is 116 cm³/mol. The molecule has 0 bridgehead atoms. The van der Waals surface area contributed by atoms with E-state index in [0.29, 0.717) is 13.0 Å². The van der Waals surface area contributed by atoms with Crippen LogP contribution in [0.2, 0.25) is 0 Å². The minimum atomic E-state index is 0.212. The first kappa shape index (κ1) is 17.5. The maximum atomic E-state index is 11.9. The molecule has 1 aliphatic heterocycles. The number of nitrogens with one attached hydrogen (secondary N) is 1. The second-order valence-electron chi connectivity index (χ2n) is 7.25. The molecule has 0 atom stereocenters. The highest BCUT2D eigenvalue weighted by atomic mass is 16.2. The third kappa shape index (κ3) is 3.36. The molecule has 0 spiro atoms.